The Balaban J connectivity index is 1.48. The van der Waals surface area contributed by atoms with E-state index in [2.05, 4.69) is 33.1 Å². The maximum Gasteiger partial charge on any atom is 0.344 e. The molecule has 3 aromatic rings. The Morgan fingerprint density at radius 1 is 0.968 bits per heavy atom. The molecule has 0 aliphatic heterocycles. The van der Waals surface area contributed by atoms with Gasteiger partial charge in [0.2, 0.25) is 0 Å². The van der Waals surface area contributed by atoms with E-state index >= 15 is 0 Å². The Kier molecular flexibility index (Phi) is 7.99. The predicted octanol–water partition coefficient (Wildman–Crippen LogP) is 4.05. The van der Waals surface area contributed by atoms with Crippen LogP contribution in [0.15, 0.2) is 77.9 Å². The minimum absolute atomic E-state index is 0.203. The number of nitrogens with zero attached hydrogens (tertiary/aromatic N) is 1. The fourth-order valence-corrected chi connectivity index (χ4v) is 3.11. The lowest BCUT2D eigenvalue weighted by Gasteiger charge is -2.09. The summed E-state index contributed by atoms with van der Waals surface area (Å²) >= 11 is 2.09. The molecule has 0 atom stereocenters. The molecule has 0 aromatic heterocycles. The molecule has 0 fully saturated rings. The Bertz CT molecular complexity index is 1080. The van der Waals surface area contributed by atoms with Gasteiger partial charge in [-0.05, 0) is 76.7 Å². The Labute approximate surface area is 193 Å². The molecule has 0 radical (unpaired) electrons. The van der Waals surface area contributed by atoms with Crippen molar-refractivity contribution in [2.45, 2.75) is 0 Å². The molecule has 0 aliphatic carbocycles. The van der Waals surface area contributed by atoms with E-state index in [0.29, 0.717) is 22.8 Å². The minimum atomic E-state index is -0.422. The highest BCUT2D eigenvalue weighted by Gasteiger charge is 2.11. The smallest absolute Gasteiger partial charge is 0.344 e. The third kappa shape index (κ3) is 6.54. The molecule has 0 heterocycles. The average Bonchev–Trinajstić information content (AvgIpc) is 2.79. The number of benzene rings is 3. The van der Waals surface area contributed by atoms with Gasteiger partial charge in [0, 0.05) is 3.57 Å². The Morgan fingerprint density at radius 2 is 1.65 bits per heavy atom. The van der Waals surface area contributed by atoms with Gasteiger partial charge in [-0.2, -0.15) is 5.10 Å². The SMILES string of the molecule is COc1ccccc1OCC(=O)N/N=C\c1ccc(OC(=O)c2ccccc2I)cc1. The van der Waals surface area contributed by atoms with E-state index in [-0.39, 0.29) is 6.61 Å². The molecule has 1 amide bonds. The molecule has 0 bridgehead atoms. The topological polar surface area (TPSA) is 86.2 Å². The maximum absolute atomic E-state index is 12.3. The van der Waals surface area contributed by atoms with E-state index in [0.717, 1.165) is 9.13 Å². The summed E-state index contributed by atoms with van der Waals surface area (Å²) in [4.78, 5) is 24.1. The van der Waals surface area contributed by atoms with Gasteiger partial charge in [0.1, 0.15) is 5.75 Å². The molecular formula is C23H19IN2O5. The third-order valence-electron chi connectivity index (χ3n) is 4.02. The predicted molar refractivity (Wildman–Crippen MR) is 125 cm³/mol. The molecule has 158 valence electrons. The van der Waals surface area contributed by atoms with Gasteiger partial charge in [-0.25, -0.2) is 10.2 Å². The van der Waals surface area contributed by atoms with Crippen molar-refractivity contribution in [1.82, 2.24) is 5.43 Å². The lowest BCUT2D eigenvalue weighted by atomic mass is 10.2. The number of hydrogen-bond donors (Lipinski definition) is 1. The highest BCUT2D eigenvalue weighted by atomic mass is 127. The molecule has 0 saturated heterocycles. The van der Waals surface area contributed by atoms with Crippen molar-refractivity contribution in [2.24, 2.45) is 5.10 Å². The van der Waals surface area contributed by atoms with Gasteiger partial charge in [0.05, 0.1) is 18.9 Å². The van der Waals surface area contributed by atoms with E-state index < -0.39 is 11.9 Å². The molecule has 1 N–H and O–H groups in total. The lowest BCUT2D eigenvalue weighted by molar-refractivity contribution is -0.123. The molecule has 0 spiro atoms. The van der Waals surface area contributed by atoms with E-state index in [4.69, 9.17) is 14.2 Å². The van der Waals surface area contributed by atoms with Gasteiger partial charge >= 0.3 is 5.97 Å². The van der Waals surface area contributed by atoms with Gasteiger partial charge in [0.15, 0.2) is 18.1 Å². The van der Waals surface area contributed by atoms with Gasteiger partial charge in [-0.3, -0.25) is 4.79 Å². The normalized spacial score (nSPS) is 10.5. The van der Waals surface area contributed by atoms with E-state index in [1.54, 1.807) is 54.6 Å². The van der Waals surface area contributed by atoms with Crippen LogP contribution in [0.4, 0.5) is 0 Å². The van der Waals surface area contributed by atoms with Crippen molar-refractivity contribution in [2.75, 3.05) is 13.7 Å². The Morgan fingerprint density at radius 3 is 2.35 bits per heavy atom. The van der Waals surface area contributed by atoms with Crippen molar-refractivity contribution in [1.29, 1.82) is 0 Å². The number of ether oxygens (including phenoxy) is 3. The zero-order chi connectivity index (χ0) is 22.1. The van der Waals surface area contributed by atoms with Gasteiger partial charge in [0.25, 0.3) is 5.91 Å². The van der Waals surface area contributed by atoms with Crippen LogP contribution in [0.1, 0.15) is 15.9 Å². The van der Waals surface area contributed by atoms with Crippen LogP contribution in [-0.4, -0.2) is 31.8 Å². The van der Waals surface area contributed by atoms with Crippen LogP contribution >= 0.6 is 22.6 Å². The van der Waals surface area contributed by atoms with Crippen LogP contribution in [0.3, 0.4) is 0 Å². The lowest BCUT2D eigenvalue weighted by Crippen LogP contribution is -2.24. The fourth-order valence-electron chi connectivity index (χ4n) is 2.50. The molecule has 0 aliphatic rings. The molecule has 3 rings (SSSR count). The number of hydrazone groups is 1. The number of hydrogen-bond acceptors (Lipinski definition) is 6. The van der Waals surface area contributed by atoms with Gasteiger partial charge in [-0.1, -0.05) is 24.3 Å². The van der Waals surface area contributed by atoms with Crippen molar-refractivity contribution < 1.29 is 23.8 Å². The number of amides is 1. The number of carbonyl (C=O) groups is 2. The number of para-hydroxylation sites is 2. The minimum Gasteiger partial charge on any atom is -0.493 e. The van der Waals surface area contributed by atoms with E-state index in [1.165, 1.54) is 13.3 Å². The van der Waals surface area contributed by atoms with Crippen LogP contribution in [0, 0.1) is 3.57 Å². The molecule has 0 unspecified atom stereocenters. The first-order valence-electron chi connectivity index (χ1n) is 9.21. The van der Waals surface area contributed by atoms with Crippen molar-refractivity contribution in [3.05, 3.63) is 87.5 Å². The molecular weight excluding hydrogens is 511 g/mol. The first-order chi connectivity index (χ1) is 15.1. The third-order valence-corrected chi connectivity index (χ3v) is 4.96. The zero-order valence-electron chi connectivity index (χ0n) is 16.6. The summed E-state index contributed by atoms with van der Waals surface area (Å²) in [5.41, 5.74) is 3.62. The largest absolute Gasteiger partial charge is 0.493 e. The summed E-state index contributed by atoms with van der Waals surface area (Å²) in [5.74, 6) is 0.593. The number of esters is 1. The van der Waals surface area contributed by atoms with E-state index in [1.807, 2.05) is 18.2 Å². The summed E-state index contributed by atoms with van der Waals surface area (Å²) in [7, 11) is 1.53. The van der Waals surface area contributed by atoms with Crippen molar-refractivity contribution in [3.8, 4) is 17.2 Å². The Hall–Kier alpha value is -3.40. The summed E-state index contributed by atoms with van der Waals surface area (Å²) in [5, 5.41) is 3.90. The highest BCUT2D eigenvalue weighted by molar-refractivity contribution is 14.1. The standard InChI is InChI=1S/C23H19IN2O5/c1-29-20-8-4-5-9-21(20)30-15-22(27)26-25-14-16-10-12-17(13-11-16)31-23(28)18-6-2-3-7-19(18)24/h2-14H,15H2,1H3,(H,26,27)/b25-14-. The van der Waals surface area contributed by atoms with Crippen LogP contribution < -0.4 is 19.6 Å². The summed E-state index contributed by atoms with van der Waals surface area (Å²) in [6.07, 6.45) is 1.48. The first-order valence-corrected chi connectivity index (χ1v) is 10.3. The molecule has 3 aromatic carbocycles. The summed E-state index contributed by atoms with van der Waals surface area (Å²) in [6, 6.07) is 21.0. The second kappa shape index (κ2) is 11.1. The second-order valence-corrected chi connectivity index (χ2v) is 7.33. The van der Waals surface area contributed by atoms with Crippen LogP contribution in [-0.2, 0) is 4.79 Å². The zero-order valence-corrected chi connectivity index (χ0v) is 18.7. The first kappa shape index (κ1) is 22.3. The molecule has 0 saturated carbocycles. The molecule has 7 nitrogen and oxygen atoms in total. The van der Waals surface area contributed by atoms with Crippen molar-refractivity contribution >= 4 is 40.7 Å². The van der Waals surface area contributed by atoms with Crippen LogP contribution in [0.2, 0.25) is 0 Å². The summed E-state index contributed by atoms with van der Waals surface area (Å²) < 4.78 is 16.8. The van der Waals surface area contributed by atoms with Gasteiger partial charge in [-0.15, -0.1) is 0 Å². The number of halogens is 1. The van der Waals surface area contributed by atoms with E-state index in [9.17, 15) is 9.59 Å². The highest BCUT2D eigenvalue weighted by Crippen LogP contribution is 2.25. The van der Waals surface area contributed by atoms with Crippen molar-refractivity contribution in [3.63, 3.8) is 0 Å². The quantitative estimate of drug-likeness (QED) is 0.156. The molecule has 8 heteroatoms. The maximum atomic E-state index is 12.3. The average molecular weight is 530 g/mol. The number of rotatable bonds is 8. The van der Waals surface area contributed by atoms with Crippen LogP contribution in [0.25, 0.3) is 0 Å². The monoisotopic (exact) mass is 530 g/mol. The molecule has 31 heavy (non-hydrogen) atoms. The number of carbonyl (C=O) groups excluding carboxylic acids is 2. The second-order valence-electron chi connectivity index (χ2n) is 6.17. The fraction of sp³-hybridized carbons (Fsp3) is 0.0870. The number of nitrogens with one attached hydrogen (secondary N) is 1. The van der Waals surface area contributed by atoms with Crippen LogP contribution in [0.5, 0.6) is 17.2 Å². The van der Waals surface area contributed by atoms with Gasteiger partial charge < -0.3 is 14.2 Å². The number of methoxy groups -OCH3 is 1. The summed E-state index contributed by atoms with van der Waals surface area (Å²) in [6.45, 7) is -0.203.